The topological polar surface area (TPSA) is 80.9 Å². The van der Waals surface area contributed by atoms with Gasteiger partial charge in [-0.05, 0) is 82.1 Å². The number of hydrogen-bond acceptors (Lipinski definition) is 4. The van der Waals surface area contributed by atoms with Gasteiger partial charge in [-0.15, -0.1) is 0 Å². The third-order valence-electron chi connectivity index (χ3n) is 8.57. The van der Waals surface area contributed by atoms with Crippen LogP contribution in [0.2, 0.25) is 0 Å². The van der Waals surface area contributed by atoms with Gasteiger partial charge < -0.3 is 20.4 Å². The van der Waals surface area contributed by atoms with E-state index < -0.39 is 22.7 Å². The molecule has 0 bridgehead atoms. The summed E-state index contributed by atoms with van der Waals surface area (Å²) < 4.78 is 0. The minimum absolute atomic E-state index is 0.199. The van der Waals surface area contributed by atoms with Crippen LogP contribution >= 0.6 is 0 Å². The molecule has 3 rings (SSSR count). The maximum atomic E-state index is 11.9. The largest absolute Gasteiger partial charge is 0.393 e. The van der Waals surface area contributed by atoms with Gasteiger partial charge in [-0.1, -0.05) is 50.6 Å². The van der Waals surface area contributed by atoms with E-state index in [2.05, 4.69) is 39.5 Å². The molecule has 31 heavy (non-hydrogen) atoms. The fraction of sp³-hybridized carbons (Fsp3) is 0.778. The molecule has 3 saturated carbocycles. The van der Waals surface area contributed by atoms with Crippen molar-refractivity contribution in [2.75, 3.05) is 0 Å². The Kier molecular flexibility index (Phi) is 7.27. The lowest BCUT2D eigenvalue weighted by Gasteiger charge is -2.53. The van der Waals surface area contributed by atoms with Crippen molar-refractivity contribution in [1.82, 2.24) is 0 Å². The number of fused-ring (bicyclic) bond motifs is 1. The zero-order valence-corrected chi connectivity index (χ0v) is 20.0. The average molecular weight is 433 g/mol. The van der Waals surface area contributed by atoms with Gasteiger partial charge in [-0.3, -0.25) is 0 Å². The molecule has 176 valence electrons. The van der Waals surface area contributed by atoms with Crippen LogP contribution < -0.4 is 0 Å². The maximum absolute atomic E-state index is 11.9. The summed E-state index contributed by atoms with van der Waals surface area (Å²) in [6, 6.07) is 0. The predicted octanol–water partition coefficient (Wildman–Crippen LogP) is 4.82. The molecular weight excluding hydrogens is 388 g/mol. The Balaban J connectivity index is 1.84. The van der Waals surface area contributed by atoms with Crippen LogP contribution in [0, 0.1) is 17.3 Å². The lowest BCUT2D eigenvalue weighted by Crippen LogP contribution is -2.62. The maximum Gasteiger partial charge on any atom is 0.0990 e. The first kappa shape index (κ1) is 24.7. The van der Waals surface area contributed by atoms with E-state index in [9.17, 15) is 20.4 Å². The Hall–Kier alpha value is -0.940. The molecule has 0 aromatic rings. The van der Waals surface area contributed by atoms with Gasteiger partial charge in [-0.2, -0.15) is 0 Å². The van der Waals surface area contributed by atoms with Crippen molar-refractivity contribution in [1.29, 1.82) is 0 Å². The van der Waals surface area contributed by atoms with E-state index in [0.29, 0.717) is 25.2 Å². The van der Waals surface area contributed by atoms with Crippen LogP contribution in [0.15, 0.2) is 35.5 Å². The van der Waals surface area contributed by atoms with Crippen molar-refractivity contribution in [3.05, 3.63) is 35.5 Å². The number of rotatable bonds is 6. The smallest absolute Gasteiger partial charge is 0.0990 e. The van der Waals surface area contributed by atoms with Gasteiger partial charge in [0.25, 0.3) is 0 Å². The van der Waals surface area contributed by atoms with Gasteiger partial charge in [0, 0.05) is 11.8 Å². The van der Waals surface area contributed by atoms with Crippen molar-refractivity contribution < 1.29 is 20.4 Å². The highest BCUT2D eigenvalue weighted by molar-refractivity contribution is 5.37. The highest BCUT2D eigenvalue weighted by Gasteiger charge is 2.65. The molecule has 1 unspecified atom stereocenters. The quantitative estimate of drug-likeness (QED) is 0.485. The minimum atomic E-state index is -1.34. The molecule has 4 heteroatoms. The van der Waals surface area contributed by atoms with Crippen molar-refractivity contribution in [2.24, 2.45) is 17.3 Å². The molecular formula is C27H44O4. The van der Waals surface area contributed by atoms with E-state index in [4.69, 9.17) is 0 Å². The first-order chi connectivity index (χ1) is 14.4. The Morgan fingerprint density at radius 3 is 2.58 bits per heavy atom. The predicted molar refractivity (Wildman–Crippen MR) is 125 cm³/mol. The molecule has 0 amide bonds. The summed E-state index contributed by atoms with van der Waals surface area (Å²) in [7, 11) is 0. The summed E-state index contributed by atoms with van der Waals surface area (Å²) in [5, 5.41) is 43.9. The summed E-state index contributed by atoms with van der Waals surface area (Å²) in [6.07, 6.45) is 10.8. The standard InChI is InChI=1S/C27H44O4/c1-18(2)15-23(29)17-26(5,30)27(31)14-12-24-20(7-6-13-25(24,27)4)9-10-21-16-22(28)11-8-19(21)3/h9-10,18,22-24,28-31H,3,6-8,11-17H2,1-2,4-5H3/t22-,23?,24-,25-,26-,27+/m0/s1. The molecule has 0 aliphatic heterocycles. The third kappa shape index (κ3) is 4.73. The zero-order valence-electron chi connectivity index (χ0n) is 20.0. The van der Waals surface area contributed by atoms with Crippen molar-refractivity contribution in [3.63, 3.8) is 0 Å². The van der Waals surface area contributed by atoms with Crippen LogP contribution in [0.4, 0.5) is 0 Å². The fourth-order valence-corrected chi connectivity index (χ4v) is 6.79. The van der Waals surface area contributed by atoms with Gasteiger partial charge in [0.2, 0.25) is 0 Å². The first-order valence-corrected chi connectivity index (χ1v) is 12.3. The summed E-state index contributed by atoms with van der Waals surface area (Å²) in [4.78, 5) is 0. The fourth-order valence-electron chi connectivity index (χ4n) is 6.79. The highest BCUT2D eigenvalue weighted by atomic mass is 16.4. The van der Waals surface area contributed by atoms with Crippen LogP contribution in [0.1, 0.15) is 91.9 Å². The van der Waals surface area contributed by atoms with Crippen LogP contribution in [-0.2, 0) is 0 Å². The molecule has 0 aromatic carbocycles. The van der Waals surface area contributed by atoms with Gasteiger partial charge in [0.15, 0.2) is 0 Å². The van der Waals surface area contributed by atoms with E-state index in [1.807, 2.05) is 0 Å². The van der Waals surface area contributed by atoms with Gasteiger partial charge >= 0.3 is 0 Å². The first-order valence-electron chi connectivity index (χ1n) is 12.3. The lowest BCUT2D eigenvalue weighted by molar-refractivity contribution is -0.211. The third-order valence-corrected chi connectivity index (χ3v) is 8.57. The molecule has 0 heterocycles. The molecule has 6 atom stereocenters. The van der Waals surface area contributed by atoms with E-state index in [1.54, 1.807) is 6.92 Å². The second-order valence-corrected chi connectivity index (χ2v) is 11.4. The average Bonchev–Trinajstić information content (AvgIpc) is 2.94. The molecule has 4 nitrogen and oxygen atoms in total. The monoisotopic (exact) mass is 432 g/mol. The summed E-state index contributed by atoms with van der Waals surface area (Å²) >= 11 is 0. The molecule has 3 fully saturated rings. The number of hydrogen-bond donors (Lipinski definition) is 4. The molecule has 0 saturated heterocycles. The van der Waals surface area contributed by atoms with E-state index in [0.717, 1.165) is 49.7 Å². The Morgan fingerprint density at radius 2 is 1.90 bits per heavy atom. The molecule has 4 N–H and O–H groups in total. The van der Waals surface area contributed by atoms with Gasteiger partial charge in [-0.25, -0.2) is 0 Å². The second kappa shape index (κ2) is 9.13. The number of aliphatic hydroxyl groups excluding tert-OH is 2. The van der Waals surface area contributed by atoms with Crippen LogP contribution in [-0.4, -0.2) is 43.8 Å². The van der Waals surface area contributed by atoms with E-state index in [1.165, 1.54) is 5.57 Å². The van der Waals surface area contributed by atoms with Crippen LogP contribution in [0.25, 0.3) is 0 Å². The second-order valence-electron chi connectivity index (χ2n) is 11.4. The molecule has 0 radical (unpaired) electrons. The zero-order chi connectivity index (χ0) is 23.0. The molecule has 3 aliphatic rings. The Bertz CT molecular complexity index is 734. The van der Waals surface area contributed by atoms with Crippen molar-refractivity contribution in [3.8, 4) is 0 Å². The SMILES string of the molecule is C=C1CC[C@H](O)CC1=CC=C1CCC[C@@]2(C)[C@H]1CC[C@]2(O)[C@@](C)(O)CC(O)CC(C)C. The summed E-state index contributed by atoms with van der Waals surface area (Å²) in [6.45, 7) is 12.2. The lowest BCUT2D eigenvalue weighted by atomic mass is 9.57. The number of allylic oxidation sites excluding steroid dienone is 4. The summed E-state index contributed by atoms with van der Waals surface area (Å²) in [5.74, 6) is 0.566. The highest BCUT2D eigenvalue weighted by Crippen LogP contribution is 2.63. The van der Waals surface area contributed by atoms with Crippen molar-refractivity contribution >= 4 is 0 Å². The van der Waals surface area contributed by atoms with Crippen LogP contribution in [0.3, 0.4) is 0 Å². The van der Waals surface area contributed by atoms with Crippen LogP contribution in [0.5, 0.6) is 0 Å². The molecule has 0 spiro atoms. The van der Waals surface area contributed by atoms with E-state index >= 15 is 0 Å². The normalized spacial score (nSPS) is 39.7. The van der Waals surface area contributed by atoms with Gasteiger partial charge in [0.1, 0.15) is 0 Å². The number of aliphatic hydroxyl groups is 4. The van der Waals surface area contributed by atoms with E-state index in [-0.39, 0.29) is 18.4 Å². The Labute approximate surface area is 188 Å². The van der Waals surface area contributed by atoms with Crippen molar-refractivity contribution in [2.45, 2.75) is 115 Å². The Morgan fingerprint density at radius 1 is 1.19 bits per heavy atom. The molecule has 0 aromatic heterocycles. The van der Waals surface area contributed by atoms with Gasteiger partial charge in [0.05, 0.1) is 23.4 Å². The minimum Gasteiger partial charge on any atom is -0.393 e. The summed E-state index contributed by atoms with van der Waals surface area (Å²) in [5.41, 5.74) is 0.609. The molecule has 3 aliphatic carbocycles.